The van der Waals surface area contributed by atoms with E-state index in [9.17, 15) is 19.8 Å². The summed E-state index contributed by atoms with van der Waals surface area (Å²) in [5, 5.41) is 20.4. The first kappa shape index (κ1) is 44.7. The van der Waals surface area contributed by atoms with Gasteiger partial charge in [0.25, 0.3) is 0 Å². The van der Waals surface area contributed by atoms with Crippen LogP contribution in [-0.2, 0) is 9.59 Å². The molecule has 0 aromatic carbocycles. The van der Waals surface area contributed by atoms with Crippen molar-refractivity contribution in [2.24, 2.45) is 0 Å². The van der Waals surface area contributed by atoms with E-state index in [-0.39, 0.29) is 36.7 Å². The number of carbonyl (C=O) groups excluding carboxylic acids is 2. The number of unbranched alkanes of at least 4 members (excludes halogenated alkanes) is 22. The molecule has 0 amide bonds. The molecule has 0 atom stereocenters. The summed E-state index contributed by atoms with van der Waals surface area (Å²) in [5.74, 6) is -1.83. The van der Waals surface area contributed by atoms with Crippen LogP contribution in [0.15, 0.2) is 24.3 Å². The van der Waals surface area contributed by atoms with E-state index in [1.54, 1.807) is 0 Å². The van der Waals surface area contributed by atoms with Gasteiger partial charge in [0.15, 0.2) is 0 Å². The van der Waals surface area contributed by atoms with Gasteiger partial charge in [0.05, 0.1) is 0 Å². The van der Waals surface area contributed by atoms with Crippen molar-refractivity contribution in [3.63, 3.8) is 0 Å². The molecule has 0 aromatic heterocycles. The Bertz CT molecular complexity index is 524. The van der Waals surface area contributed by atoms with Gasteiger partial charge in [-0.15, -0.1) is 0 Å². The summed E-state index contributed by atoms with van der Waals surface area (Å²) in [4.78, 5) is 20.4. The second-order valence-corrected chi connectivity index (χ2v) is 11.4. The summed E-state index contributed by atoms with van der Waals surface area (Å²) in [7, 11) is 0. The monoisotopic (exact) mass is 684 g/mol. The Kier molecular flexibility index (Phi) is 45.0. The van der Waals surface area contributed by atoms with E-state index in [0.717, 1.165) is 38.5 Å². The molecule has 0 saturated carbocycles. The summed E-state index contributed by atoms with van der Waals surface area (Å²) in [6, 6.07) is 0. The molecular formula is C36H68O4Sn. The van der Waals surface area contributed by atoms with Gasteiger partial charge in [0, 0.05) is 11.9 Å². The van der Waals surface area contributed by atoms with E-state index in [2.05, 4.69) is 38.2 Å². The van der Waals surface area contributed by atoms with Crippen LogP contribution in [0, 0.1) is 0 Å². The standard InChI is InChI=1S/2C18H34O2.Sn.2H/c2*1-2-3-4-5-6-7-8-9-10-11-12-13-14-15-16-17-18(19)20;;;/h2*9-10H,2-8,11-17H2,1H3,(H,19,20);;;/q;;+2;;/p-2/b2*10-9-;;;. The van der Waals surface area contributed by atoms with E-state index >= 15 is 0 Å². The molecule has 4 nitrogen and oxygen atoms in total. The van der Waals surface area contributed by atoms with Crippen molar-refractivity contribution in [1.29, 1.82) is 0 Å². The van der Waals surface area contributed by atoms with Crippen molar-refractivity contribution in [3.05, 3.63) is 24.3 Å². The van der Waals surface area contributed by atoms with Crippen LogP contribution >= 0.6 is 0 Å². The van der Waals surface area contributed by atoms with Gasteiger partial charge in [0.1, 0.15) is 0 Å². The Morgan fingerprint density at radius 3 is 0.854 bits per heavy atom. The molecule has 41 heavy (non-hydrogen) atoms. The third kappa shape index (κ3) is 49.2. The van der Waals surface area contributed by atoms with Crippen LogP contribution in [0.25, 0.3) is 0 Å². The molecule has 5 heteroatoms. The third-order valence-corrected chi connectivity index (χ3v) is 7.29. The molecule has 0 unspecified atom stereocenters. The molecule has 0 radical (unpaired) electrons. The van der Waals surface area contributed by atoms with Crippen LogP contribution in [0.3, 0.4) is 0 Å². The molecule has 0 saturated heterocycles. The number of hydrogen-bond acceptors (Lipinski definition) is 4. The van der Waals surface area contributed by atoms with Gasteiger partial charge in [-0.25, -0.2) is 0 Å². The van der Waals surface area contributed by atoms with Crippen LogP contribution in [0.1, 0.15) is 194 Å². The van der Waals surface area contributed by atoms with Crippen molar-refractivity contribution in [3.8, 4) is 0 Å². The van der Waals surface area contributed by atoms with E-state index in [1.807, 2.05) is 0 Å². The zero-order valence-corrected chi connectivity index (χ0v) is 31.5. The molecule has 0 aliphatic carbocycles. The number of rotatable bonds is 30. The van der Waals surface area contributed by atoms with Gasteiger partial charge in [-0.2, -0.15) is 0 Å². The van der Waals surface area contributed by atoms with Crippen LogP contribution in [0.5, 0.6) is 0 Å². The minimum absolute atomic E-state index is 0. The molecular weight excluding hydrogens is 615 g/mol. The quantitative estimate of drug-likeness (QED) is 0.0432. The van der Waals surface area contributed by atoms with Crippen LogP contribution in [-0.4, -0.2) is 35.8 Å². The van der Waals surface area contributed by atoms with Crippen LogP contribution in [0.4, 0.5) is 0 Å². The maximum atomic E-state index is 10.2. The zero-order valence-electron chi connectivity index (χ0n) is 27.4. The van der Waals surface area contributed by atoms with Crippen molar-refractivity contribution in [2.45, 2.75) is 194 Å². The fourth-order valence-electron chi connectivity index (χ4n) is 4.68. The number of carboxylic acids is 2. The Morgan fingerprint density at radius 2 is 0.610 bits per heavy atom. The summed E-state index contributed by atoms with van der Waals surface area (Å²) in [5.41, 5.74) is 0. The molecule has 240 valence electrons. The predicted molar refractivity (Wildman–Crippen MR) is 177 cm³/mol. The SMILES string of the molecule is CCCCCCCC/C=C\CCCCCCCC(=O)[O-].CCCCCCCC/C=C\CCCCCCCC(=O)[O-].[SnH2+2]. The second-order valence-electron chi connectivity index (χ2n) is 11.4. The Hall–Kier alpha value is -0.781. The fourth-order valence-corrected chi connectivity index (χ4v) is 4.68. The van der Waals surface area contributed by atoms with Crippen LogP contribution in [0.2, 0.25) is 0 Å². The van der Waals surface area contributed by atoms with E-state index in [1.165, 1.54) is 128 Å². The molecule has 0 rings (SSSR count). The van der Waals surface area contributed by atoms with Crippen molar-refractivity contribution < 1.29 is 19.8 Å². The second kappa shape index (κ2) is 41.4. The Morgan fingerprint density at radius 1 is 0.390 bits per heavy atom. The van der Waals surface area contributed by atoms with E-state index in [0.29, 0.717) is 0 Å². The van der Waals surface area contributed by atoms with Crippen molar-refractivity contribution in [1.82, 2.24) is 0 Å². The van der Waals surface area contributed by atoms with Gasteiger partial charge >= 0.3 is 23.9 Å². The molecule has 0 spiro atoms. The first-order valence-electron chi connectivity index (χ1n) is 17.2. The first-order chi connectivity index (χ1) is 19.5. The van der Waals surface area contributed by atoms with Crippen molar-refractivity contribution >= 4 is 35.8 Å². The molecule has 0 aromatic rings. The van der Waals surface area contributed by atoms with Crippen molar-refractivity contribution in [2.75, 3.05) is 0 Å². The molecule has 0 fully saturated rings. The molecule has 0 bridgehead atoms. The zero-order chi connectivity index (χ0) is 29.8. The Balaban J connectivity index is -0.000000688. The number of hydrogen-bond donors (Lipinski definition) is 0. The van der Waals surface area contributed by atoms with Gasteiger partial charge in [0.2, 0.25) is 0 Å². The number of carbonyl (C=O) groups is 2. The number of allylic oxidation sites excluding steroid dienone is 4. The Labute approximate surface area is 272 Å². The normalized spacial score (nSPS) is 11.0. The molecule has 0 aliphatic rings. The maximum absolute atomic E-state index is 10.2. The molecule has 0 N–H and O–H groups in total. The summed E-state index contributed by atoms with van der Waals surface area (Å²) < 4.78 is 0. The van der Waals surface area contributed by atoms with Crippen LogP contribution < -0.4 is 10.2 Å². The van der Waals surface area contributed by atoms with Gasteiger partial charge in [-0.05, 0) is 77.0 Å². The molecule has 0 heterocycles. The third-order valence-electron chi connectivity index (χ3n) is 7.29. The average molecular weight is 684 g/mol. The summed E-state index contributed by atoms with van der Waals surface area (Å²) in [6.07, 6.45) is 41.8. The first-order valence-corrected chi connectivity index (χ1v) is 17.2. The average Bonchev–Trinajstić information content (AvgIpc) is 2.93. The van der Waals surface area contributed by atoms with Gasteiger partial charge < -0.3 is 19.8 Å². The number of aliphatic carboxylic acids is 2. The fraction of sp³-hybridized carbons (Fsp3) is 0.833. The van der Waals surface area contributed by atoms with Gasteiger partial charge in [-0.3, -0.25) is 0 Å². The van der Waals surface area contributed by atoms with E-state index < -0.39 is 11.9 Å². The van der Waals surface area contributed by atoms with Gasteiger partial charge in [-0.1, -0.05) is 141 Å². The summed E-state index contributed by atoms with van der Waals surface area (Å²) in [6.45, 7) is 4.51. The topological polar surface area (TPSA) is 80.3 Å². The predicted octanol–water partition coefficient (Wildman–Crippen LogP) is 8.63. The number of carboxylic acid groups (broad SMARTS) is 2. The summed E-state index contributed by atoms with van der Waals surface area (Å²) >= 11 is 0. The minimum atomic E-state index is -0.914. The van der Waals surface area contributed by atoms with E-state index in [4.69, 9.17) is 0 Å². The molecule has 0 aliphatic heterocycles.